The smallest absolute Gasteiger partial charge is 0.227 e. The van der Waals surface area contributed by atoms with Crippen LogP contribution in [0.5, 0.6) is 0 Å². The van der Waals surface area contributed by atoms with E-state index in [1.165, 1.54) is 0 Å². The molecule has 3 aromatic heterocycles. The first-order chi connectivity index (χ1) is 13.2. The lowest BCUT2D eigenvalue weighted by molar-refractivity contribution is 0.195. The molecule has 0 amide bonds. The van der Waals surface area contributed by atoms with Crippen LogP contribution in [-0.2, 0) is 11.8 Å². The molecule has 0 unspecified atom stereocenters. The quantitative estimate of drug-likeness (QED) is 0.709. The molecule has 136 valence electrons. The van der Waals surface area contributed by atoms with E-state index in [1.807, 2.05) is 13.2 Å². The van der Waals surface area contributed by atoms with Crippen LogP contribution >= 0.6 is 0 Å². The minimum atomic E-state index is 0.185. The molecule has 1 aliphatic rings. The summed E-state index contributed by atoms with van der Waals surface area (Å²) in [6.07, 6.45) is 7.80. The van der Waals surface area contributed by atoms with Gasteiger partial charge in [-0.3, -0.25) is 4.68 Å². The lowest BCUT2D eigenvalue weighted by Crippen LogP contribution is -2.20. The zero-order valence-corrected chi connectivity index (χ0v) is 14.8. The lowest BCUT2D eigenvalue weighted by Gasteiger charge is -2.13. The Balaban J connectivity index is 1.57. The molecule has 3 aromatic rings. The fourth-order valence-corrected chi connectivity index (χ4v) is 2.84. The maximum absolute atomic E-state index is 9.50. The largest absolute Gasteiger partial charge is 0.379 e. The number of pyridine rings is 1. The van der Waals surface area contributed by atoms with E-state index >= 15 is 0 Å². The van der Waals surface area contributed by atoms with Crippen LogP contribution in [0.3, 0.4) is 0 Å². The molecule has 0 radical (unpaired) electrons. The van der Waals surface area contributed by atoms with Gasteiger partial charge < -0.3 is 15.4 Å². The van der Waals surface area contributed by atoms with E-state index in [4.69, 9.17) is 4.74 Å². The molecule has 4 rings (SSSR count). The van der Waals surface area contributed by atoms with Crippen molar-refractivity contribution < 1.29 is 4.74 Å². The van der Waals surface area contributed by atoms with Crippen LogP contribution in [0.4, 0.5) is 17.5 Å². The molecule has 0 aliphatic carbocycles. The van der Waals surface area contributed by atoms with E-state index in [0.29, 0.717) is 29.6 Å². The summed E-state index contributed by atoms with van der Waals surface area (Å²) < 4.78 is 7.05. The Kier molecular flexibility index (Phi) is 4.63. The van der Waals surface area contributed by atoms with Gasteiger partial charge in [-0.15, -0.1) is 0 Å². The molecule has 1 aliphatic heterocycles. The van der Waals surface area contributed by atoms with E-state index in [1.54, 1.807) is 35.4 Å². The first kappa shape index (κ1) is 16.9. The van der Waals surface area contributed by atoms with Gasteiger partial charge in [-0.1, -0.05) is 0 Å². The molecule has 1 atom stereocenters. The van der Waals surface area contributed by atoms with Crippen molar-refractivity contribution in [1.29, 1.82) is 5.26 Å². The summed E-state index contributed by atoms with van der Waals surface area (Å²) in [4.78, 5) is 13.2. The zero-order chi connectivity index (χ0) is 18.6. The number of aromatic nitrogens is 5. The average Bonchev–Trinajstić information content (AvgIpc) is 3.34. The molecular weight excluding hydrogens is 344 g/mol. The molecule has 9 nitrogen and oxygen atoms in total. The van der Waals surface area contributed by atoms with Gasteiger partial charge in [0.15, 0.2) is 0 Å². The van der Waals surface area contributed by atoms with Gasteiger partial charge >= 0.3 is 0 Å². The van der Waals surface area contributed by atoms with E-state index in [-0.39, 0.29) is 6.04 Å². The minimum Gasteiger partial charge on any atom is -0.379 e. The van der Waals surface area contributed by atoms with Crippen molar-refractivity contribution >= 4 is 17.5 Å². The summed E-state index contributed by atoms with van der Waals surface area (Å²) in [7, 11) is 1.84. The molecule has 9 heteroatoms. The molecule has 4 heterocycles. The SMILES string of the molecule is Cn1cc(Nc2nccc(-c3cnc(N[C@@H]4CCOC4)c(C#N)c3)n2)cn1. The number of rotatable bonds is 5. The maximum Gasteiger partial charge on any atom is 0.227 e. The Morgan fingerprint density at radius 2 is 2.26 bits per heavy atom. The van der Waals surface area contributed by atoms with E-state index in [9.17, 15) is 5.26 Å². The minimum absolute atomic E-state index is 0.185. The Hall–Kier alpha value is -3.51. The fraction of sp³-hybridized carbons (Fsp3) is 0.278. The monoisotopic (exact) mass is 362 g/mol. The van der Waals surface area contributed by atoms with Crippen molar-refractivity contribution in [2.75, 3.05) is 23.8 Å². The average molecular weight is 362 g/mol. The maximum atomic E-state index is 9.50. The van der Waals surface area contributed by atoms with Crippen molar-refractivity contribution in [1.82, 2.24) is 24.7 Å². The van der Waals surface area contributed by atoms with Gasteiger partial charge in [0.1, 0.15) is 11.9 Å². The molecule has 0 saturated carbocycles. The highest BCUT2D eigenvalue weighted by atomic mass is 16.5. The molecule has 0 bridgehead atoms. The fourth-order valence-electron chi connectivity index (χ4n) is 2.84. The van der Waals surface area contributed by atoms with Crippen molar-refractivity contribution in [2.45, 2.75) is 12.5 Å². The summed E-state index contributed by atoms with van der Waals surface area (Å²) >= 11 is 0. The summed E-state index contributed by atoms with van der Waals surface area (Å²) in [5.74, 6) is 1.02. The molecule has 0 spiro atoms. The van der Waals surface area contributed by atoms with Crippen molar-refractivity contribution in [3.63, 3.8) is 0 Å². The molecule has 0 aromatic carbocycles. The highest BCUT2D eigenvalue weighted by molar-refractivity contribution is 5.66. The predicted molar refractivity (Wildman–Crippen MR) is 99.3 cm³/mol. The molecule has 27 heavy (non-hydrogen) atoms. The van der Waals surface area contributed by atoms with Crippen LogP contribution in [0.25, 0.3) is 11.3 Å². The van der Waals surface area contributed by atoms with Gasteiger partial charge in [-0.05, 0) is 18.6 Å². The van der Waals surface area contributed by atoms with Crippen molar-refractivity contribution in [3.8, 4) is 17.3 Å². The number of nitriles is 1. The van der Waals surface area contributed by atoms with Crippen molar-refractivity contribution in [3.05, 3.63) is 42.5 Å². The third kappa shape index (κ3) is 3.86. The number of anilines is 3. The third-order valence-corrected chi connectivity index (χ3v) is 4.19. The van der Waals surface area contributed by atoms with Gasteiger partial charge in [-0.2, -0.15) is 10.4 Å². The van der Waals surface area contributed by atoms with E-state index in [0.717, 1.165) is 24.3 Å². The Labute approximate surface area is 156 Å². The lowest BCUT2D eigenvalue weighted by atomic mass is 10.1. The van der Waals surface area contributed by atoms with Crippen LogP contribution in [0.15, 0.2) is 36.9 Å². The third-order valence-electron chi connectivity index (χ3n) is 4.19. The normalized spacial score (nSPS) is 16.1. The number of nitrogens with one attached hydrogen (secondary N) is 2. The summed E-state index contributed by atoms with van der Waals surface area (Å²) in [6, 6.07) is 5.95. The van der Waals surface area contributed by atoms with Crippen LogP contribution in [0, 0.1) is 11.3 Å². The Morgan fingerprint density at radius 3 is 3.00 bits per heavy atom. The van der Waals surface area contributed by atoms with Gasteiger partial charge in [0, 0.05) is 37.8 Å². The van der Waals surface area contributed by atoms with E-state index in [2.05, 4.69) is 36.8 Å². The highest BCUT2D eigenvalue weighted by Gasteiger charge is 2.18. The second kappa shape index (κ2) is 7.39. The van der Waals surface area contributed by atoms with Crippen LogP contribution in [0.2, 0.25) is 0 Å². The molecule has 1 fully saturated rings. The zero-order valence-electron chi connectivity index (χ0n) is 14.8. The first-order valence-corrected chi connectivity index (χ1v) is 8.55. The summed E-state index contributed by atoms with van der Waals surface area (Å²) in [5.41, 5.74) is 2.69. The van der Waals surface area contributed by atoms with Crippen molar-refractivity contribution in [2.24, 2.45) is 7.05 Å². The highest BCUT2D eigenvalue weighted by Crippen LogP contribution is 2.24. The van der Waals surface area contributed by atoms with Crippen LogP contribution in [0.1, 0.15) is 12.0 Å². The van der Waals surface area contributed by atoms with Crippen LogP contribution in [-0.4, -0.2) is 44.0 Å². The number of ether oxygens (including phenoxy) is 1. The first-order valence-electron chi connectivity index (χ1n) is 8.55. The Morgan fingerprint density at radius 1 is 1.33 bits per heavy atom. The number of hydrogen-bond acceptors (Lipinski definition) is 8. The second-order valence-corrected chi connectivity index (χ2v) is 6.23. The predicted octanol–water partition coefficient (Wildman–Crippen LogP) is 2.09. The second-order valence-electron chi connectivity index (χ2n) is 6.23. The van der Waals surface area contributed by atoms with Gasteiger partial charge in [0.25, 0.3) is 0 Å². The Bertz CT molecular complexity index is 987. The molecular formula is C18H18N8O. The van der Waals surface area contributed by atoms with Gasteiger partial charge in [0.2, 0.25) is 5.95 Å². The van der Waals surface area contributed by atoms with E-state index < -0.39 is 0 Å². The number of hydrogen-bond donors (Lipinski definition) is 2. The number of aryl methyl sites for hydroxylation is 1. The van der Waals surface area contributed by atoms with Gasteiger partial charge in [0.05, 0.1) is 35.8 Å². The van der Waals surface area contributed by atoms with Gasteiger partial charge in [-0.25, -0.2) is 15.0 Å². The molecule has 1 saturated heterocycles. The topological polar surface area (TPSA) is 114 Å². The summed E-state index contributed by atoms with van der Waals surface area (Å²) in [6.45, 7) is 1.36. The van der Waals surface area contributed by atoms with Crippen LogP contribution < -0.4 is 10.6 Å². The molecule has 2 N–H and O–H groups in total. The number of nitrogens with zero attached hydrogens (tertiary/aromatic N) is 6. The summed E-state index contributed by atoms with van der Waals surface area (Å²) in [5, 5.41) is 20.0. The standard InChI is InChI=1S/C18H18N8O/c1-26-10-15(9-22-26)24-18-20-4-2-16(25-18)13-6-12(7-19)17(21-8-13)23-14-3-5-27-11-14/h2,4,6,8-10,14H,3,5,11H2,1H3,(H,21,23)(H,20,24,25)/t14-/m1/s1.